The van der Waals surface area contributed by atoms with Gasteiger partial charge in [-0.1, -0.05) is 50.2 Å². The normalized spacial score (nSPS) is 22.1. The molecule has 0 bridgehead atoms. The van der Waals surface area contributed by atoms with Gasteiger partial charge in [0.2, 0.25) is 10.0 Å². The topological polar surface area (TPSA) is 166 Å². The Bertz CT molecular complexity index is 1280. The number of benzene rings is 2. The molecule has 0 unspecified atom stereocenters. The van der Waals surface area contributed by atoms with Crippen LogP contribution in [0.2, 0.25) is 0 Å². The molecule has 2 fully saturated rings. The van der Waals surface area contributed by atoms with Gasteiger partial charge >= 0.3 is 6.09 Å². The van der Waals surface area contributed by atoms with Gasteiger partial charge in [-0.15, -0.1) is 0 Å². The number of ether oxygens (including phenoxy) is 3. The number of sulfonamides is 1. The summed E-state index contributed by atoms with van der Waals surface area (Å²) in [7, 11) is -4.05. The molecule has 2 aromatic rings. The van der Waals surface area contributed by atoms with E-state index in [2.05, 4.69) is 5.32 Å². The molecule has 2 aliphatic rings. The van der Waals surface area contributed by atoms with Crippen LogP contribution in [0, 0.1) is 11.3 Å². The first-order valence-corrected chi connectivity index (χ1v) is 15.9. The molecule has 0 aliphatic carbocycles. The van der Waals surface area contributed by atoms with Crippen LogP contribution in [-0.2, 0) is 30.7 Å². The molecule has 11 nitrogen and oxygen atoms in total. The van der Waals surface area contributed by atoms with Gasteiger partial charge in [0.05, 0.1) is 36.2 Å². The molecular formula is C30H44N4O7S. The van der Waals surface area contributed by atoms with Crippen LogP contribution in [0.1, 0.15) is 38.7 Å². The molecule has 0 aromatic heterocycles. The van der Waals surface area contributed by atoms with E-state index in [9.17, 15) is 18.3 Å². The average Bonchev–Trinajstić information content (AvgIpc) is 3.57. The summed E-state index contributed by atoms with van der Waals surface area (Å²) in [5.74, 6) is -0.0389. The third-order valence-electron chi connectivity index (χ3n) is 7.86. The number of hydrogen-bond donors (Lipinski definition) is 4. The number of alkyl carbamates (subject to hydrolysis) is 1. The summed E-state index contributed by atoms with van der Waals surface area (Å²) in [4.78, 5) is 13.1. The van der Waals surface area contributed by atoms with E-state index >= 15 is 0 Å². The van der Waals surface area contributed by atoms with Crippen molar-refractivity contribution in [2.24, 2.45) is 17.1 Å². The lowest BCUT2D eigenvalue weighted by Gasteiger charge is -2.35. The number of nitrogens with one attached hydrogen (secondary N) is 1. The van der Waals surface area contributed by atoms with Gasteiger partial charge in [-0.05, 0) is 61.4 Å². The van der Waals surface area contributed by atoms with Gasteiger partial charge in [-0.3, -0.25) is 0 Å². The standard InChI is InChI=1S/C30H44N4O7S/c1-30(2,13-7-14-31)20-34(42(37,38)23-11-6-10-22(32)17-23)18-26(35)25(16-21-8-4-3-5-9-21)33-29(36)41-27-19-40-28-24(27)12-15-39-28/h3-6,8-11,17,24-28,35H,7,12-16,18-20,31-32H2,1-2H3,(H,33,36)/t24-,25-,26-,27-,28+/m0/s1. The van der Waals surface area contributed by atoms with Gasteiger partial charge in [0.1, 0.15) is 6.10 Å². The molecule has 0 radical (unpaired) electrons. The van der Waals surface area contributed by atoms with E-state index in [4.69, 9.17) is 25.7 Å². The number of carbonyl (C=O) groups is 1. The van der Waals surface area contributed by atoms with Crippen LogP contribution in [0.25, 0.3) is 0 Å². The van der Waals surface area contributed by atoms with Gasteiger partial charge in [0, 0.05) is 18.8 Å². The first-order chi connectivity index (χ1) is 20.0. The predicted octanol–water partition coefficient (Wildman–Crippen LogP) is 2.48. The van der Waals surface area contributed by atoms with Crippen molar-refractivity contribution in [2.45, 2.75) is 69.0 Å². The van der Waals surface area contributed by atoms with Gasteiger partial charge < -0.3 is 36.1 Å². The minimum absolute atomic E-state index is 0.0332. The number of nitrogens with zero attached hydrogens (tertiary/aromatic N) is 1. The number of amides is 1. The number of nitrogens with two attached hydrogens (primary N) is 2. The molecule has 232 valence electrons. The van der Waals surface area contributed by atoms with E-state index in [0.717, 1.165) is 18.4 Å². The zero-order valence-electron chi connectivity index (χ0n) is 24.4. The van der Waals surface area contributed by atoms with Crippen molar-refractivity contribution < 1.29 is 32.5 Å². The number of hydrogen-bond acceptors (Lipinski definition) is 9. The van der Waals surface area contributed by atoms with Gasteiger partial charge in [-0.2, -0.15) is 4.31 Å². The molecule has 6 N–H and O–H groups in total. The molecule has 2 saturated heterocycles. The fraction of sp³-hybridized carbons (Fsp3) is 0.567. The van der Waals surface area contributed by atoms with Crippen molar-refractivity contribution in [2.75, 3.05) is 38.6 Å². The predicted molar refractivity (Wildman–Crippen MR) is 159 cm³/mol. The Morgan fingerprint density at radius 3 is 2.67 bits per heavy atom. The maximum atomic E-state index is 13.9. The van der Waals surface area contributed by atoms with Crippen LogP contribution in [0.5, 0.6) is 0 Å². The summed E-state index contributed by atoms with van der Waals surface area (Å²) in [5, 5.41) is 14.4. The summed E-state index contributed by atoms with van der Waals surface area (Å²) >= 11 is 0. The molecule has 5 atom stereocenters. The molecule has 1 amide bonds. The molecule has 0 spiro atoms. The van der Waals surface area contributed by atoms with E-state index in [0.29, 0.717) is 25.3 Å². The van der Waals surface area contributed by atoms with Crippen molar-refractivity contribution in [3.63, 3.8) is 0 Å². The molecule has 12 heteroatoms. The SMILES string of the molecule is CC(C)(CCCN)CN(C[C@H](O)[C@H](Cc1ccccc1)NC(=O)O[C@H]1CO[C@H]2OCC[C@H]21)S(=O)(=O)c1cccc(N)c1. The van der Waals surface area contributed by atoms with Crippen molar-refractivity contribution in [3.05, 3.63) is 60.2 Å². The van der Waals surface area contributed by atoms with E-state index in [1.54, 1.807) is 12.1 Å². The second-order valence-electron chi connectivity index (χ2n) is 11.9. The molecule has 42 heavy (non-hydrogen) atoms. The van der Waals surface area contributed by atoms with Crippen molar-refractivity contribution >= 4 is 21.8 Å². The van der Waals surface area contributed by atoms with Gasteiger partial charge in [0.15, 0.2) is 6.29 Å². The van der Waals surface area contributed by atoms with Gasteiger partial charge in [0.25, 0.3) is 0 Å². The number of aliphatic hydroxyl groups excluding tert-OH is 1. The van der Waals surface area contributed by atoms with E-state index in [1.165, 1.54) is 16.4 Å². The second-order valence-corrected chi connectivity index (χ2v) is 13.8. The Kier molecular flexibility index (Phi) is 10.8. The lowest BCUT2D eigenvalue weighted by atomic mass is 9.87. The van der Waals surface area contributed by atoms with Crippen molar-refractivity contribution in [1.82, 2.24) is 9.62 Å². The summed E-state index contributed by atoms with van der Waals surface area (Å²) in [6.07, 6.45) is -0.394. The lowest BCUT2D eigenvalue weighted by molar-refractivity contribution is -0.0907. The quantitative estimate of drug-likeness (QED) is 0.237. The number of rotatable bonds is 14. The Morgan fingerprint density at radius 1 is 1.19 bits per heavy atom. The average molecular weight is 605 g/mol. The highest BCUT2D eigenvalue weighted by Gasteiger charge is 2.44. The number of carbonyl (C=O) groups excluding carboxylic acids is 1. The monoisotopic (exact) mass is 604 g/mol. The molecule has 2 heterocycles. The number of fused-ring (bicyclic) bond motifs is 1. The third-order valence-corrected chi connectivity index (χ3v) is 9.67. The molecular weight excluding hydrogens is 560 g/mol. The minimum Gasteiger partial charge on any atom is -0.443 e. The Hall–Kier alpha value is -2.74. The molecule has 2 aromatic carbocycles. The van der Waals surface area contributed by atoms with Crippen LogP contribution < -0.4 is 16.8 Å². The smallest absolute Gasteiger partial charge is 0.407 e. The van der Waals surface area contributed by atoms with Crippen molar-refractivity contribution in [1.29, 1.82) is 0 Å². The van der Waals surface area contributed by atoms with Crippen LogP contribution >= 0.6 is 0 Å². The van der Waals surface area contributed by atoms with E-state index < -0.39 is 39.8 Å². The summed E-state index contributed by atoms with van der Waals surface area (Å²) in [6, 6.07) is 14.6. The Labute approximate surface area is 248 Å². The maximum Gasteiger partial charge on any atom is 0.407 e. The summed E-state index contributed by atoms with van der Waals surface area (Å²) < 4.78 is 45.9. The lowest BCUT2D eigenvalue weighted by Crippen LogP contribution is -2.52. The molecule has 4 rings (SSSR count). The summed E-state index contributed by atoms with van der Waals surface area (Å²) in [5.41, 5.74) is 12.4. The zero-order valence-corrected chi connectivity index (χ0v) is 25.2. The van der Waals surface area contributed by atoms with E-state index in [-0.39, 0.29) is 43.2 Å². The zero-order chi connectivity index (χ0) is 30.3. The number of anilines is 1. The fourth-order valence-corrected chi connectivity index (χ4v) is 7.27. The van der Waals surface area contributed by atoms with Crippen LogP contribution in [0.15, 0.2) is 59.5 Å². The highest BCUT2D eigenvalue weighted by atomic mass is 32.2. The first-order valence-electron chi connectivity index (χ1n) is 14.5. The van der Waals surface area contributed by atoms with Crippen LogP contribution in [0.3, 0.4) is 0 Å². The Balaban J connectivity index is 1.56. The fourth-order valence-electron chi connectivity index (χ4n) is 5.57. The summed E-state index contributed by atoms with van der Waals surface area (Å²) in [6.45, 7) is 5.08. The maximum absolute atomic E-state index is 13.9. The Morgan fingerprint density at radius 2 is 1.95 bits per heavy atom. The first kappa shape index (κ1) is 32.2. The molecule has 2 aliphatic heterocycles. The second kappa shape index (κ2) is 14.2. The van der Waals surface area contributed by atoms with Crippen molar-refractivity contribution in [3.8, 4) is 0 Å². The van der Waals surface area contributed by atoms with E-state index in [1.807, 2.05) is 44.2 Å². The largest absolute Gasteiger partial charge is 0.443 e. The highest BCUT2D eigenvalue weighted by Crippen LogP contribution is 2.33. The highest BCUT2D eigenvalue weighted by molar-refractivity contribution is 7.89. The minimum atomic E-state index is -4.05. The van der Waals surface area contributed by atoms with Crippen LogP contribution in [0.4, 0.5) is 10.5 Å². The van der Waals surface area contributed by atoms with Gasteiger partial charge in [-0.25, -0.2) is 13.2 Å². The number of nitrogen functional groups attached to an aromatic ring is 1. The number of aliphatic hydroxyl groups is 1. The third kappa shape index (κ3) is 8.42. The molecule has 0 saturated carbocycles. The van der Waals surface area contributed by atoms with Crippen LogP contribution in [-0.4, -0.2) is 81.3 Å².